The van der Waals surface area contributed by atoms with Crippen LogP contribution in [0.1, 0.15) is 51.7 Å². The molecule has 0 radical (unpaired) electrons. The van der Waals surface area contributed by atoms with Crippen molar-refractivity contribution in [1.82, 2.24) is 14.9 Å². The molecule has 1 amide bonds. The van der Waals surface area contributed by atoms with E-state index >= 15 is 0 Å². The van der Waals surface area contributed by atoms with E-state index < -0.39 is 12.0 Å². The van der Waals surface area contributed by atoms with Crippen LogP contribution in [-0.4, -0.2) is 57.8 Å². The number of hydrogen-bond donors (Lipinski definition) is 1. The number of alkyl halides is 3. The van der Waals surface area contributed by atoms with Gasteiger partial charge in [-0.3, -0.25) is 0 Å². The van der Waals surface area contributed by atoms with Crippen LogP contribution < -0.4 is 14.9 Å². The molecule has 3 rings (SSSR count). The van der Waals surface area contributed by atoms with Gasteiger partial charge in [0.15, 0.2) is 0 Å². The number of nitrogens with one attached hydrogen (secondary N) is 1. The highest BCUT2D eigenvalue weighted by molar-refractivity contribution is 5.98. The molecule has 1 aromatic heterocycles. The summed E-state index contributed by atoms with van der Waals surface area (Å²) in [6.45, 7) is 10.1. The number of ether oxygens (including phenoxy) is 2. The summed E-state index contributed by atoms with van der Waals surface area (Å²) in [5, 5.41) is 7.43. The minimum absolute atomic E-state index is 0.104. The Balaban J connectivity index is 1.58. The first-order chi connectivity index (χ1) is 16.8. The average Bonchev–Trinajstić information content (AvgIpc) is 2.78. The van der Waals surface area contributed by atoms with Crippen molar-refractivity contribution in [3.63, 3.8) is 0 Å². The van der Waals surface area contributed by atoms with Crippen LogP contribution in [0.5, 0.6) is 11.6 Å². The number of oxime groups is 1. The Morgan fingerprint density at radius 2 is 1.75 bits per heavy atom. The first-order valence-corrected chi connectivity index (χ1v) is 11.4. The van der Waals surface area contributed by atoms with Crippen LogP contribution in [0, 0.1) is 6.92 Å². The molecule has 196 valence electrons. The number of piperidine rings is 1. The third-order valence-corrected chi connectivity index (χ3v) is 5.30. The van der Waals surface area contributed by atoms with Gasteiger partial charge in [0, 0.05) is 19.1 Å². The fourth-order valence-corrected chi connectivity index (χ4v) is 3.46. The highest BCUT2D eigenvalue weighted by Gasteiger charge is 2.31. The molecule has 0 atom stereocenters. The van der Waals surface area contributed by atoms with Gasteiger partial charge < -0.3 is 24.5 Å². The second-order valence-electron chi connectivity index (χ2n) is 9.38. The van der Waals surface area contributed by atoms with Crippen molar-refractivity contribution in [2.75, 3.05) is 18.4 Å². The first-order valence-electron chi connectivity index (χ1n) is 11.4. The molecule has 12 heteroatoms. The van der Waals surface area contributed by atoms with Gasteiger partial charge in [-0.1, -0.05) is 5.16 Å². The van der Waals surface area contributed by atoms with Crippen LogP contribution in [-0.2, 0) is 4.74 Å². The van der Waals surface area contributed by atoms with Crippen molar-refractivity contribution in [3.05, 3.63) is 41.7 Å². The largest absolute Gasteiger partial charge is 0.573 e. The van der Waals surface area contributed by atoms with E-state index in [0.717, 1.165) is 12.8 Å². The standard InChI is InChI=1S/C24H30F3N5O4/c1-15-20(30-18-10-12-32(13-11-18)22(33)35-23(3,4)5)28-14-29-21(15)36-31-16(2)17-6-8-19(9-7-17)34-24(25,26)27/h6-9,14,18H,10-13H2,1-5H3,(H,28,29,30)/b31-16-. The Labute approximate surface area is 207 Å². The zero-order chi connectivity index (χ0) is 26.5. The van der Waals surface area contributed by atoms with Crippen molar-refractivity contribution in [2.24, 2.45) is 5.16 Å². The summed E-state index contributed by atoms with van der Waals surface area (Å²) in [6.07, 6.45) is -2.26. The number of anilines is 1. The minimum atomic E-state index is -4.75. The molecule has 1 aromatic carbocycles. The molecule has 0 unspecified atom stereocenters. The zero-order valence-corrected chi connectivity index (χ0v) is 20.8. The fourth-order valence-electron chi connectivity index (χ4n) is 3.46. The maximum absolute atomic E-state index is 12.3. The second-order valence-corrected chi connectivity index (χ2v) is 9.38. The lowest BCUT2D eigenvalue weighted by Crippen LogP contribution is -2.44. The average molecular weight is 510 g/mol. The Morgan fingerprint density at radius 3 is 2.33 bits per heavy atom. The van der Waals surface area contributed by atoms with Gasteiger partial charge in [-0.2, -0.15) is 4.98 Å². The minimum Gasteiger partial charge on any atom is -0.444 e. The maximum atomic E-state index is 12.3. The predicted octanol–water partition coefficient (Wildman–Crippen LogP) is 5.30. The van der Waals surface area contributed by atoms with E-state index in [-0.39, 0.29) is 23.8 Å². The number of halogens is 3. The molecule has 2 aromatic rings. The van der Waals surface area contributed by atoms with Gasteiger partial charge in [-0.25, -0.2) is 9.78 Å². The Bertz CT molecular complexity index is 1080. The maximum Gasteiger partial charge on any atom is 0.573 e. The molecule has 0 bridgehead atoms. The van der Waals surface area contributed by atoms with Crippen molar-refractivity contribution in [3.8, 4) is 11.6 Å². The molecular weight excluding hydrogens is 479 g/mol. The predicted molar refractivity (Wildman–Crippen MR) is 127 cm³/mol. The quantitative estimate of drug-likeness (QED) is 0.417. The van der Waals surface area contributed by atoms with E-state index in [1.807, 2.05) is 20.8 Å². The SMILES string of the molecule is C/C(=N/Oc1ncnc(NC2CCN(C(=O)OC(C)(C)C)CC2)c1C)c1ccc(OC(F)(F)F)cc1. The summed E-state index contributed by atoms with van der Waals surface area (Å²) in [5.74, 6) is 0.520. The number of likely N-dealkylation sites (tertiary alicyclic amines) is 1. The third kappa shape index (κ3) is 7.99. The molecule has 36 heavy (non-hydrogen) atoms. The zero-order valence-electron chi connectivity index (χ0n) is 20.8. The van der Waals surface area contributed by atoms with Gasteiger partial charge in [0.25, 0.3) is 5.88 Å². The monoisotopic (exact) mass is 509 g/mol. The Kier molecular flexibility index (Phi) is 8.26. The van der Waals surface area contributed by atoms with Gasteiger partial charge in [0.1, 0.15) is 23.5 Å². The smallest absolute Gasteiger partial charge is 0.444 e. The van der Waals surface area contributed by atoms with Crippen molar-refractivity contribution in [1.29, 1.82) is 0 Å². The van der Waals surface area contributed by atoms with Crippen LogP contribution in [0.15, 0.2) is 35.7 Å². The first kappa shape index (κ1) is 27.0. The molecular formula is C24H30F3N5O4. The van der Waals surface area contributed by atoms with Gasteiger partial charge in [-0.05, 0) is 77.3 Å². The Morgan fingerprint density at radius 1 is 1.11 bits per heavy atom. The number of carbonyl (C=O) groups is 1. The number of nitrogens with zero attached hydrogens (tertiary/aromatic N) is 4. The van der Waals surface area contributed by atoms with E-state index in [2.05, 4.69) is 25.2 Å². The number of aromatic nitrogens is 2. The molecule has 1 fully saturated rings. The van der Waals surface area contributed by atoms with Crippen LogP contribution in [0.25, 0.3) is 0 Å². The van der Waals surface area contributed by atoms with E-state index in [1.165, 1.54) is 30.6 Å². The lowest BCUT2D eigenvalue weighted by Gasteiger charge is -2.34. The fraction of sp³-hybridized carbons (Fsp3) is 0.500. The van der Waals surface area contributed by atoms with Crippen LogP contribution in [0.4, 0.5) is 23.8 Å². The molecule has 1 aliphatic rings. The summed E-state index contributed by atoms with van der Waals surface area (Å²) < 4.78 is 46.3. The molecule has 0 saturated carbocycles. The van der Waals surface area contributed by atoms with E-state index in [9.17, 15) is 18.0 Å². The highest BCUT2D eigenvalue weighted by atomic mass is 19.4. The number of benzene rings is 1. The van der Waals surface area contributed by atoms with Crippen molar-refractivity contribution < 1.29 is 32.3 Å². The van der Waals surface area contributed by atoms with Gasteiger partial charge in [0.05, 0.1) is 11.3 Å². The number of carbonyl (C=O) groups excluding carboxylic acids is 1. The lowest BCUT2D eigenvalue weighted by molar-refractivity contribution is -0.274. The normalized spacial score (nSPS) is 15.4. The molecule has 0 aliphatic carbocycles. The second kappa shape index (κ2) is 11.0. The van der Waals surface area contributed by atoms with Gasteiger partial charge in [0.2, 0.25) is 0 Å². The number of rotatable bonds is 6. The van der Waals surface area contributed by atoms with E-state index in [1.54, 1.807) is 18.7 Å². The summed E-state index contributed by atoms with van der Waals surface area (Å²) in [4.78, 5) is 27.9. The topological polar surface area (TPSA) is 98.2 Å². The third-order valence-electron chi connectivity index (χ3n) is 5.30. The summed E-state index contributed by atoms with van der Waals surface area (Å²) in [6, 6.07) is 5.41. The van der Waals surface area contributed by atoms with Crippen LogP contribution >= 0.6 is 0 Å². The summed E-state index contributed by atoms with van der Waals surface area (Å²) >= 11 is 0. The summed E-state index contributed by atoms with van der Waals surface area (Å²) in [5.41, 5.74) is 1.12. The highest BCUT2D eigenvalue weighted by Crippen LogP contribution is 2.25. The van der Waals surface area contributed by atoms with Crippen molar-refractivity contribution >= 4 is 17.6 Å². The Hall–Kier alpha value is -3.57. The van der Waals surface area contributed by atoms with Gasteiger partial charge in [-0.15, -0.1) is 13.2 Å². The van der Waals surface area contributed by atoms with E-state index in [4.69, 9.17) is 9.57 Å². The molecule has 1 aliphatic heterocycles. The van der Waals surface area contributed by atoms with Crippen LogP contribution in [0.3, 0.4) is 0 Å². The molecule has 1 saturated heterocycles. The van der Waals surface area contributed by atoms with Crippen molar-refractivity contribution in [2.45, 2.75) is 65.5 Å². The molecule has 9 nitrogen and oxygen atoms in total. The van der Waals surface area contributed by atoms with Crippen LogP contribution in [0.2, 0.25) is 0 Å². The van der Waals surface area contributed by atoms with E-state index in [0.29, 0.717) is 35.7 Å². The number of amides is 1. The summed E-state index contributed by atoms with van der Waals surface area (Å²) in [7, 11) is 0. The van der Waals surface area contributed by atoms with Gasteiger partial charge >= 0.3 is 12.5 Å². The number of hydrogen-bond acceptors (Lipinski definition) is 8. The molecule has 1 N–H and O–H groups in total. The lowest BCUT2D eigenvalue weighted by atomic mass is 10.1. The molecule has 2 heterocycles. The molecule has 0 spiro atoms.